The largest absolute Gasteiger partial charge is 0.486 e. The van der Waals surface area contributed by atoms with Crippen molar-refractivity contribution >= 4 is 12.0 Å². The molecule has 0 bridgehead atoms. The Kier molecular flexibility index (Phi) is 4.20. The molecule has 0 aromatic heterocycles. The lowest BCUT2D eigenvalue weighted by Gasteiger charge is -2.05. The van der Waals surface area contributed by atoms with Gasteiger partial charge in [-0.2, -0.15) is 0 Å². The van der Waals surface area contributed by atoms with Gasteiger partial charge >= 0.3 is 5.69 Å². The summed E-state index contributed by atoms with van der Waals surface area (Å²) in [7, 11) is 0. The van der Waals surface area contributed by atoms with E-state index in [9.17, 15) is 14.9 Å². The van der Waals surface area contributed by atoms with Gasteiger partial charge in [0.1, 0.15) is 6.29 Å². The first-order valence-electron chi connectivity index (χ1n) is 4.66. The fraction of sp³-hybridized carbons (Fsp3) is 0.182. The minimum atomic E-state index is -0.573. The minimum absolute atomic E-state index is 0.164. The fourth-order valence-electron chi connectivity index (χ4n) is 1.12. The molecule has 0 aliphatic rings. The molecular weight excluding hydrogens is 210 g/mol. The Hall–Kier alpha value is -2.17. The highest BCUT2D eigenvalue weighted by Gasteiger charge is 2.15. The van der Waals surface area contributed by atoms with Crippen molar-refractivity contribution < 1.29 is 14.5 Å². The monoisotopic (exact) mass is 221 g/mol. The van der Waals surface area contributed by atoms with Crippen LogP contribution in [0.4, 0.5) is 5.69 Å². The van der Waals surface area contributed by atoms with Crippen molar-refractivity contribution in [3.63, 3.8) is 0 Å². The van der Waals surface area contributed by atoms with Gasteiger partial charge in [0, 0.05) is 11.6 Å². The van der Waals surface area contributed by atoms with Gasteiger partial charge in [0.15, 0.2) is 5.75 Å². The molecule has 0 heterocycles. The number of ether oxygens (including phenoxy) is 1. The molecule has 84 valence electrons. The van der Waals surface area contributed by atoms with Crippen molar-refractivity contribution in [1.29, 1.82) is 0 Å². The highest BCUT2D eigenvalue weighted by molar-refractivity contribution is 5.77. The van der Waals surface area contributed by atoms with Gasteiger partial charge in [-0.1, -0.05) is 6.08 Å². The molecule has 5 heteroatoms. The van der Waals surface area contributed by atoms with Crippen LogP contribution in [-0.2, 0) is 0 Å². The fourth-order valence-corrected chi connectivity index (χ4v) is 1.12. The normalized spacial score (nSPS) is 9.50. The van der Waals surface area contributed by atoms with E-state index in [0.29, 0.717) is 19.3 Å². The Morgan fingerprint density at radius 1 is 1.50 bits per heavy atom. The van der Waals surface area contributed by atoms with Crippen LogP contribution >= 0.6 is 0 Å². The van der Waals surface area contributed by atoms with Gasteiger partial charge in [-0.25, -0.2) is 0 Å². The van der Waals surface area contributed by atoms with Gasteiger partial charge in [-0.05, 0) is 18.6 Å². The molecule has 0 saturated heterocycles. The highest BCUT2D eigenvalue weighted by Crippen LogP contribution is 2.27. The smallest absolute Gasteiger partial charge is 0.311 e. The average molecular weight is 221 g/mol. The van der Waals surface area contributed by atoms with Gasteiger partial charge in [-0.3, -0.25) is 14.9 Å². The molecule has 1 aromatic rings. The second kappa shape index (κ2) is 5.65. The van der Waals surface area contributed by atoms with Crippen LogP contribution in [-0.4, -0.2) is 17.8 Å². The van der Waals surface area contributed by atoms with Crippen molar-refractivity contribution in [3.8, 4) is 5.75 Å². The number of aldehydes is 1. The Bertz CT molecular complexity index is 414. The van der Waals surface area contributed by atoms with Crippen LogP contribution in [0.2, 0.25) is 0 Å². The Labute approximate surface area is 92.5 Å². The Morgan fingerprint density at radius 2 is 2.25 bits per heavy atom. The quantitative estimate of drug-likeness (QED) is 0.243. The molecule has 0 aliphatic heterocycles. The topological polar surface area (TPSA) is 69.4 Å². The number of hydrogen-bond donors (Lipinski definition) is 0. The number of carbonyl (C=O) groups excluding carboxylic acids is 1. The molecule has 0 saturated carbocycles. The van der Waals surface area contributed by atoms with E-state index < -0.39 is 4.92 Å². The van der Waals surface area contributed by atoms with E-state index in [1.54, 1.807) is 6.08 Å². The average Bonchev–Trinajstić information content (AvgIpc) is 2.29. The van der Waals surface area contributed by atoms with Crippen molar-refractivity contribution in [2.24, 2.45) is 0 Å². The molecule has 0 amide bonds. The zero-order valence-electron chi connectivity index (χ0n) is 8.59. The maximum Gasteiger partial charge on any atom is 0.311 e. The Balaban J connectivity index is 2.93. The van der Waals surface area contributed by atoms with Gasteiger partial charge in [0.2, 0.25) is 0 Å². The zero-order valence-corrected chi connectivity index (χ0v) is 8.59. The molecular formula is C11H11NO4. The van der Waals surface area contributed by atoms with Crippen LogP contribution in [0.3, 0.4) is 0 Å². The molecule has 0 N–H and O–H groups in total. The third kappa shape index (κ3) is 2.91. The van der Waals surface area contributed by atoms with Crippen molar-refractivity contribution in [2.45, 2.75) is 6.42 Å². The van der Waals surface area contributed by atoms with Crippen LogP contribution < -0.4 is 4.74 Å². The minimum Gasteiger partial charge on any atom is -0.486 e. The summed E-state index contributed by atoms with van der Waals surface area (Å²) in [6.07, 6.45) is 2.82. The summed E-state index contributed by atoms with van der Waals surface area (Å²) in [6, 6.07) is 4.09. The second-order valence-electron chi connectivity index (χ2n) is 3.03. The summed E-state index contributed by atoms with van der Waals surface area (Å²) in [5, 5.41) is 10.7. The number of nitro groups is 1. The number of hydrogen-bond acceptors (Lipinski definition) is 4. The number of nitrogens with zero attached hydrogens (tertiary/aromatic N) is 1. The van der Waals surface area contributed by atoms with E-state index in [1.807, 2.05) is 0 Å². The van der Waals surface area contributed by atoms with Crippen LogP contribution in [0.15, 0.2) is 30.9 Å². The van der Waals surface area contributed by atoms with E-state index >= 15 is 0 Å². The van der Waals surface area contributed by atoms with Crippen molar-refractivity contribution in [1.82, 2.24) is 0 Å². The first-order valence-corrected chi connectivity index (χ1v) is 4.66. The van der Waals surface area contributed by atoms with E-state index in [1.165, 1.54) is 18.2 Å². The van der Waals surface area contributed by atoms with E-state index in [2.05, 4.69) is 6.58 Å². The molecule has 0 radical (unpaired) electrons. The summed E-state index contributed by atoms with van der Waals surface area (Å²) >= 11 is 0. The number of nitro benzene ring substituents is 1. The van der Waals surface area contributed by atoms with E-state index in [4.69, 9.17) is 4.74 Å². The molecule has 0 spiro atoms. The summed E-state index contributed by atoms with van der Waals surface area (Å²) in [6.45, 7) is 3.84. The first kappa shape index (κ1) is 11.9. The van der Waals surface area contributed by atoms with Crippen LogP contribution in [0.1, 0.15) is 16.8 Å². The molecule has 0 fully saturated rings. The van der Waals surface area contributed by atoms with Crippen molar-refractivity contribution in [3.05, 3.63) is 46.5 Å². The lowest BCUT2D eigenvalue weighted by molar-refractivity contribution is -0.385. The van der Waals surface area contributed by atoms with Crippen LogP contribution in [0.25, 0.3) is 0 Å². The standard InChI is InChI=1S/C11H11NO4/c1-2-3-6-16-11-5-4-9(8-13)7-10(11)12(14)15/h2,4-5,7-8H,1,3,6H2. The van der Waals surface area contributed by atoms with Gasteiger partial charge in [0.25, 0.3) is 0 Å². The molecule has 1 aromatic carbocycles. The number of carbonyl (C=O) groups is 1. The SMILES string of the molecule is C=CCCOc1ccc(C=O)cc1[N+](=O)[O-]. The maximum atomic E-state index is 10.7. The summed E-state index contributed by atoms with van der Waals surface area (Å²) in [5.74, 6) is 0.164. The second-order valence-corrected chi connectivity index (χ2v) is 3.03. The van der Waals surface area contributed by atoms with E-state index in [-0.39, 0.29) is 17.0 Å². The van der Waals surface area contributed by atoms with Crippen LogP contribution in [0.5, 0.6) is 5.75 Å². The summed E-state index contributed by atoms with van der Waals surface area (Å²) < 4.78 is 5.21. The lowest BCUT2D eigenvalue weighted by Crippen LogP contribution is -2.00. The first-order chi connectivity index (χ1) is 7.69. The van der Waals surface area contributed by atoms with Crippen molar-refractivity contribution in [2.75, 3.05) is 6.61 Å². The van der Waals surface area contributed by atoms with Gasteiger partial charge < -0.3 is 4.74 Å². The number of rotatable bonds is 6. The molecule has 16 heavy (non-hydrogen) atoms. The highest BCUT2D eigenvalue weighted by atomic mass is 16.6. The van der Waals surface area contributed by atoms with Crippen LogP contribution in [0, 0.1) is 10.1 Å². The molecule has 0 aliphatic carbocycles. The molecule has 0 atom stereocenters. The van der Waals surface area contributed by atoms with Gasteiger partial charge in [0.05, 0.1) is 11.5 Å². The zero-order chi connectivity index (χ0) is 12.0. The third-order valence-corrected chi connectivity index (χ3v) is 1.90. The third-order valence-electron chi connectivity index (χ3n) is 1.90. The molecule has 0 unspecified atom stereocenters. The lowest BCUT2D eigenvalue weighted by atomic mass is 10.2. The molecule has 5 nitrogen and oxygen atoms in total. The number of benzene rings is 1. The van der Waals surface area contributed by atoms with Gasteiger partial charge in [-0.15, -0.1) is 6.58 Å². The predicted octanol–water partition coefficient (Wildman–Crippen LogP) is 2.36. The predicted molar refractivity (Wildman–Crippen MR) is 58.8 cm³/mol. The Morgan fingerprint density at radius 3 is 2.81 bits per heavy atom. The summed E-state index contributed by atoms with van der Waals surface area (Å²) in [4.78, 5) is 20.6. The summed E-state index contributed by atoms with van der Waals surface area (Å²) in [5.41, 5.74) is 0.0523. The van der Waals surface area contributed by atoms with E-state index in [0.717, 1.165) is 0 Å². The molecule has 1 rings (SSSR count). The maximum absolute atomic E-state index is 10.7.